The largest absolute Gasteiger partial charge is 0.488 e. The topological polar surface area (TPSA) is 55.5 Å². The molecule has 1 saturated carbocycles. The van der Waals surface area contributed by atoms with Crippen molar-refractivity contribution in [3.05, 3.63) is 23.2 Å². The Hall–Kier alpha value is -0.930. The maximum absolute atomic E-state index is 9.36. The van der Waals surface area contributed by atoms with Gasteiger partial charge >= 0.3 is 0 Å². The predicted molar refractivity (Wildman–Crippen MR) is 60.1 cm³/mol. The van der Waals surface area contributed by atoms with E-state index in [-0.39, 0.29) is 12.2 Å². The maximum Gasteiger partial charge on any atom is 0.142 e. The molecular formula is C11H14ClNO2. The molecule has 2 atom stereocenters. The van der Waals surface area contributed by atoms with E-state index in [9.17, 15) is 5.11 Å². The fourth-order valence-electron chi connectivity index (χ4n) is 1.83. The normalized spacial score (nSPS) is 25.5. The Labute approximate surface area is 93.8 Å². The predicted octanol–water partition coefficient (Wildman–Crippen LogP) is 2.21. The van der Waals surface area contributed by atoms with Gasteiger partial charge in [-0.05, 0) is 31.0 Å². The van der Waals surface area contributed by atoms with Crippen molar-refractivity contribution in [3.8, 4) is 5.75 Å². The number of aliphatic hydroxyl groups excluding tert-OH is 1. The first-order valence-electron chi connectivity index (χ1n) is 5.05. The van der Waals surface area contributed by atoms with Crippen molar-refractivity contribution >= 4 is 17.3 Å². The Morgan fingerprint density at radius 1 is 1.40 bits per heavy atom. The summed E-state index contributed by atoms with van der Waals surface area (Å²) in [6, 6.07) is 5.18. The Morgan fingerprint density at radius 3 is 2.80 bits per heavy atom. The van der Waals surface area contributed by atoms with E-state index in [4.69, 9.17) is 22.1 Å². The van der Waals surface area contributed by atoms with E-state index >= 15 is 0 Å². The molecule has 82 valence electrons. The van der Waals surface area contributed by atoms with Crippen molar-refractivity contribution in [2.24, 2.45) is 0 Å². The molecule has 0 heterocycles. The third kappa shape index (κ3) is 2.55. The molecule has 1 fully saturated rings. The van der Waals surface area contributed by atoms with Crippen molar-refractivity contribution in [2.75, 3.05) is 5.73 Å². The average Bonchev–Trinajstić information content (AvgIpc) is 2.56. The van der Waals surface area contributed by atoms with Crippen molar-refractivity contribution in [1.29, 1.82) is 0 Å². The second-order valence-corrected chi connectivity index (χ2v) is 4.33. The monoisotopic (exact) mass is 227 g/mol. The van der Waals surface area contributed by atoms with E-state index in [0.717, 1.165) is 12.8 Å². The molecule has 0 aliphatic heterocycles. The van der Waals surface area contributed by atoms with Gasteiger partial charge in [0.05, 0.1) is 11.8 Å². The van der Waals surface area contributed by atoms with Crippen LogP contribution in [0.15, 0.2) is 18.2 Å². The highest BCUT2D eigenvalue weighted by molar-refractivity contribution is 6.30. The Kier molecular flexibility index (Phi) is 3.03. The van der Waals surface area contributed by atoms with Crippen LogP contribution < -0.4 is 10.5 Å². The number of nitrogens with two attached hydrogens (primary N) is 1. The van der Waals surface area contributed by atoms with Crippen LogP contribution in [0.25, 0.3) is 0 Å². The van der Waals surface area contributed by atoms with Crippen LogP contribution in [-0.2, 0) is 0 Å². The summed E-state index contributed by atoms with van der Waals surface area (Å²) in [4.78, 5) is 0. The second kappa shape index (κ2) is 4.29. The molecule has 15 heavy (non-hydrogen) atoms. The van der Waals surface area contributed by atoms with E-state index in [1.807, 2.05) is 0 Å². The summed E-state index contributed by atoms with van der Waals surface area (Å²) in [5, 5.41) is 9.96. The van der Waals surface area contributed by atoms with Gasteiger partial charge in [0, 0.05) is 11.4 Å². The summed E-state index contributed by atoms with van der Waals surface area (Å²) in [6.45, 7) is 0. The van der Waals surface area contributed by atoms with Crippen LogP contribution in [0.2, 0.25) is 5.02 Å². The molecule has 2 unspecified atom stereocenters. The maximum atomic E-state index is 9.36. The van der Waals surface area contributed by atoms with Gasteiger partial charge in [0.15, 0.2) is 0 Å². The zero-order valence-electron chi connectivity index (χ0n) is 8.32. The minimum absolute atomic E-state index is 0.0727. The second-order valence-electron chi connectivity index (χ2n) is 3.89. The van der Waals surface area contributed by atoms with Crippen LogP contribution in [0.3, 0.4) is 0 Å². The zero-order chi connectivity index (χ0) is 10.8. The minimum Gasteiger partial charge on any atom is -0.488 e. The molecule has 0 bridgehead atoms. The van der Waals surface area contributed by atoms with Gasteiger partial charge in [-0.2, -0.15) is 0 Å². The number of nitrogen functional groups attached to an aromatic ring is 1. The van der Waals surface area contributed by atoms with Crippen molar-refractivity contribution in [2.45, 2.75) is 31.5 Å². The van der Waals surface area contributed by atoms with Crippen LogP contribution in [0, 0.1) is 0 Å². The number of rotatable bonds is 2. The van der Waals surface area contributed by atoms with E-state index in [0.29, 0.717) is 22.9 Å². The highest BCUT2D eigenvalue weighted by Crippen LogP contribution is 2.30. The molecule has 0 saturated heterocycles. The first kappa shape index (κ1) is 10.6. The quantitative estimate of drug-likeness (QED) is 0.762. The molecule has 4 heteroatoms. The number of benzene rings is 1. The lowest BCUT2D eigenvalue weighted by Crippen LogP contribution is -2.14. The Balaban J connectivity index is 2.04. The third-order valence-electron chi connectivity index (χ3n) is 2.62. The van der Waals surface area contributed by atoms with Crippen molar-refractivity contribution < 1.29 is 9.84 Å². The first-order valence-corrected chi connectivity index (χ1v) is 5.42. The standard InChI is InChI=1S/C11H14ClNO2/c12-7-1-4-11(10(13)5-7)15-9-3-2-8(14)6-9/h1,4-5,8-9,14H,2-3,6,13H2. The van der Waals surface area contributed by atoms with Gasteiger partial charge in [-0.15, -0.1) is 0 Å². The summed E-state index contributed by atoms with van der Waals surface area (Å²) in [5.74, 6) is 0.651. The number of aliphatic hydroxyl groups is 1. The Morgan fingerprint density at radius 2 is 2.20 bits per heavy atom. The highest BCUT2D eigenvalue weighted by Gasteiger charge is 2.24. The molecule has 0 radical (unpaired) electrons. The van der Waals surface area contributed by atoms with Crippen molar-refractivity contribution in [1.82, 2.24) is 0 Å². The molecule has 2 rings (SSSR count). The lowest BCUT2D eigenvalue weighted by Gasteiger charge is -2.14. The fraction of sp³-hybridized carbons (Fsp3) is 0.455. The third-order valence-corrected chi connectivity index (χ3v) is 2.86. The zero-order valence-corrected chi connectivity index (χ0v) is 9.07. The first-order chi connectivity index (χ1) is 7.15. The summed E-state index contributed by atoms with van der Waals surface area (Å²) >= 11 is 5.78. The van der Waals surface area contributed by atoms with E-state index in [1.54, 1.807) is 18.2 Å². The molecule has 3 nitrogen and oxygen atoms in total. The number of anilines is 1. The van der Waals surface area contributed by atoms with Crippen LogP contribution in [0.4, 0.5) is 5.69 Å². The number of hydrogen-bond acceptors (Lipinski definition) is 3. The molecule has 1 aliphatic carbocycles. The average molecular weight is 228 g/mol. The SMILES string of the molecule is Nc1cc(Cl)ccc1OC1CCC(O)C1. The molecule has 0 amide bonds. The molecule has 1 aromatic carbocycles. The molecule has 1 aromatic rings. The summed E-state index contributed by atoms with van der Waals surface area (Å²) in [7, 11) is 0. The highest BCUT2D eigenvalue weighted by atomic mass is 35.5. The van der Waals surface area contributed by atoms with E-state index in [2.05, 4.69) is 0 Å². The van der Waals surface area contributed by atoms with Crippen LogP contribution in [0.5, 0.6) is 5.75 Å². The summed E-state index contributed by atoms with van der Waals surface area (Å²) in [5.41, 5.74) is 6.31. The van der Waals surface area contributed by atoms with Gasteiger partial charge in [-0.1, -0.05) is 11.6 Å². The lowest BCUT2D eigenvalue weighted by molar-refractivity contribution is 0.150. The van der Waals surface area contributed by atoms with Crippen molar-refractivity contribution in [3.63, 3.8) is 0 Å². The van der Waals surface area contributed by atoms with Gasteiger partial charge in [-0.25, -0.2) is 0 Å². The van der Waals surface area contributed by atoms with Gasteiger partial charge in [0.1, 0.15) is 11.9 Å². The van der Waals surface area contributed by atoms with Crippen LogP contribution in [0.1, 0.15) is 19.3 Å². The van der Waals surface area contributed by atoms with E-state index < -0.39 is 0 Å². The van der Waals surface area contributed by atoms with Gasteiger partial charge in [-0.3, -0.25) is 0 Å². The van der Waals surface area contributed by atoms with Gasteiger partial charge < -0.3 is 15.6 Å². The van der Waals surface area contributed by atoms with Crippen LogP contribution in [-0.4, -0.2) is 17.3 Å². The smallest absolute Gasteiger partial charge is 0.142 e. The summed E-state index contributed by atoms with van der Waals surface area (Å²) < 4.78 is 5.69. The molecule has 1 aliphatic rings. The molecule has 3 N–H and O–H groups in total. The van der Waals surface area contributed by atoms with Gasteiger partial charge in [0.25, 0.3) is 0 Å². The molecular weight excluding hydrogens is 214 g/mol. The Bertz CT molecular complexity index is 356. The molecule has 0 aromatic heterocycles. The lowest BCUT2D eigenvalue weighted by atomic mass is 10.2. The fourth-order valence-corrected chi connectivity index (χ4v) is 2.01. The van der Waals surface area contributed by atoms with Gasteiger partial charge in [0.2, 0.25) is 0 Å². The minimum atomic E-state index is -0.233. The van der Waals surface area contributed by atoms with Crippen LogP contribution >= 0.6 is 11.6 Å². The number of hydrogen-bond donors (Lipinski definition) is 2. The number of ether oxygens (including phenoxy) is 1. The summed E-state index contributed by atoms with van der Waals surface area (Å²) in [6.07, 6.45) is 2.20. The van der Waals surface area contributed by atoms with E-state index in [1.165, 1.54) is 0 Å². The number of halogens is 1. The molecule has 0 spiro atoms.